The number of aromatic nitrogens is 1. The molecule has 28 heavy (non-hydrogen) atoms. The van der Waals surface area contributed by atoms with Crippen LogP contribution in [0.5, 0.6) is 0 Å². The Morgan fingerprint density at radius 3 is 2.39 bits per heavy atom. The van der Waals surface area contributed by atoms with Crippen LogP contribution >= 0.6 is 12.6 Å². The number of carboxylic acids is 1. The van der Waals surface area contributed by atoms with Crippen molar-refractivity contribution in [1.82, 2.24) is 15.6 Å². The van der Waals surface area contributed by atoms with E-state index in [0.29, 0.717) is 0 Å². The maximum absolute atomic E-state index is 12.5. The van der Waals surface area contributed by atoms with Crippen LogP contribution in [0.25, 0.3) is 10.9 Å². The van der Waals surface area contributed by atoms with Crippen LogP contribution in [0.3, 0.4) is 0 Å². The lowest BCUT2D eigenvalue weighted by molar-refractivity contribution is -0.142. The fraction of sp³-hybridized carbons (Fsp3) is 0.421. The molecule has 0 saturated carbocycles. The van der Waals surface area contributed by atoms with Gasteiger partial charge in [0.2, 0.25) is 11.8 Å². The number of nitrogens with two attached hydrogens (primary N) is 1. The highest BCUT2D eigenvalue weighted by molar-refractivity contribution is 7.80. The van der Waals surface area contributed by atoms with Crippen molar-refractivity contribution in [3.8, 4) is 0 Å². The third-order valence-corrected chi connectivity index (χ3v) is 4.92. The Bertz CT molecular complexity index is 851. The lowest BCUT2D eigenvalue weighted by Crippen LogP contribution is -2.56. The van der Waals surface area contributed by atoms with Crippen molar-refractivity contribution in [3.63, 3.8) is 0 Å². The second-order valence-corrected chi connectivity index (χ2v) is 7.34. The van der Waals surface area contributed by atoms with E-state index in [1.807, 2.05) is 24.3 Å². The molecule has 0 aliphatic carbocycles. The van der Waals surface area contributed by atoms with Crippen LogP contribution in [-0.4, -0.2) is 51.8 Å². The first-order valence-electron chi connectivity index (χ1n) is 8.99. The molecule has 1 aromatic heterocycles. The van der Waals surface area contributed by atoms with Gasteiger partial charge in [0.1, 0.15) is 12.1 Å². The number of hydrogen-bond acceptors (Lipinski definition) is 5. The zero-order chi connectivity index (χ0) is 20.8. The molecule has 3 atom stereocenters. The molecular weight excluding hydrogens is 380 g/mol. The number of rotatable bonds is 9. The van der Waals surface area contributed by atoms with Gasteiger partial charge in [-0.15, -0.1) is 0 Å². The highest BCUT2D eigenvalue weighted by atomic mass is 32.1. The van der Waals surface area contributed by atoms with E-state index < -0.39 is 35.9 Å². The third-order valence-electron chi connectivity index (χ3n) is 4.55. The van der Waals surface area contributed by atoms with Crippen LogP contribution in [0.4, 0.5) is 0 Å². The van der Waals surface area contributed by atoms with Crippen molar-refractivity contribution >= 4 is 41.3 Å². The predicted molar refractivity (Wildman–Crippen MR) is 110 cm³/mol. The number of para-hydroxylation sites is 1. The van der Waals surface area contributed by atoms with E-state index in [1.54, 1.807) is 20.0 Å². The first-order chi connectivity index (χ1) is 13.2. The van der Waals surface area contributed by atoms with Crippen LogP contribution in [0.1, 0.15) is 19.4 Å². The summed E-state index contributed by atoms with van der Waals surface area (Å²) >= 11 is 4.09. The zero-order valence-corrected chi connectivity index (χ0v) is 16.7. The number of carbonyl (C=O) groups excluding carboxylic acids is 2. The molecule has 0 unspecified atom stereocenters. The molecule has 1 heterocycles. The molecule has 2 aromatic rings. The monoisotopic (exact) mass is 406 g/mol. The Balaban J connectivity index is 2.08. The number of carboxylic acid groups (broad SMARTS) is 1. The minimum atomic E-state index is -1.17. The Morgan fingerprint density at radius 1 is 1.14 bits per heavy atom. The Morgan fingerprint density at radius 2 is 1.79 bits per heavy atom. The van der Waals surface area contributed by atoms with Gasteiger partial charge in [0.05, 0.1) is 6.04 Å². The number of benzene rings is 1. The summed E-state index contributed by atoms with van der Waals surface area (Å²) in [4.78, 5) is 39.4. The topological polar surface area (TPSA) is 137 Å². The molecule has 0 spiro atoms. The maximum atomic E-state index is 12.5. The Hall–Kier alpha value is -2.52. The summed E-state index contributed by atoms with van der Waals surface area (Å²) in [7, 11) is 0. The summed E-state index contributed by atoms with van der Waals surface area (Å²) in [6.45, 7) is 3.59. The van der Waals surface area contributed by atoms with Gasteiger partial charge < -0.3 is 26.5 Å². The van der Waals surface area contributed by atoms with Gasteiger partial charge in [-0.05, 0) is 17.5 Å². The van der Waals surface area contributed by atoms with Gasteiger partial charge in [0.25, 0.3) is 0 Å². The van der Waals surface area contributed by atoms with E-state index in [1.165, 1.54) is 0 Å². The second-order valence-electron chi connectivity index (χ2n) is 6.98. The summed E-state index contributed by atoms with van der Waals surface area (Å²) in [6.07, 6.45) is 1.83. The Kier molecular flexibility index (Phi) is 7.47. The van der Waals surface area contributed by atoms with Gasteiger partial charge in [-0.1, -0.05) is 32.0 Å². The van der Waals surface area contributed by atoms with Crippen molar-refractivity contribution in [1.29, 1.82) is 0 Å². The molecule has 2 rings (SSSR count). The van der Waals surface area contributed by atoms with Crippen molar-refractivity contribution in [2.24, 2.45) is 11.7 Å². The van der Waals surface area contributed by atoms with Crippen LogP contribution < -0.4 is 16.4 Å². The number of thiol groups is 1. The highest BCUT2D eigenvalue weighted by Crippen LogP contribution is 2.19. The number of aliphatic carboxylic acids is 1. The SMILES string of the molecule is CC(C)[C@H](N)C(=O)N[C@@H](CS)C(=O)N[C@@H](Cc1c[nH]c2ccccc12)C(=O)O. The molecule has 6 N–H and O–H groups in total. The lowest BCUT2D eigenvalue weighted by atomic mass is 10.0. The molecule has 1 aromatic carbocycles. The number of carbonyl (C=O) groups is 3. The van der Waals surface area contributed by atoms with Gasteiger partial charge in [-0.25, -0.2) is 4.79 Å². The van der Waals surface area contributed by atoms with E-state index in [0.717, 1.165) is 16.5 Å². The largest absolute Gasteiger partial charge is 0.480 e. The molecule has 0 aliphatic heterocycles. The van der Waals surface area contributed by atoms with Gasteiger partial charge in [-0.3, -0.25) is 9.59 Å². The molecular formula is C19H26N4O4S. The molecule has 0 bridgehead atoms. The fourth-order valence-corrected chi connectivity index (χ4v) is 3.01. The van der Waals surface area contributed by atoms with Crippen molar-refractivity contribution in [2.75, 3.05) is 5.75 Å². The molecule has 2 amide bonds. The minimum absolute atomic E-state index is 0.0157. The fourth-order valence-electron chi connectivity index (χ4n) is 2.76. The lowest BCUT2D eigenvalue weighted by Gasteiger charge is -2.22. The third kappa shape index (κ3) is 5.26. The number of hydrogen-bond donors (Lipinski definition) is 6. The summed E-state index contributed by atoms with van der Waals surface area (Å²) in [5.74, 6) is -2.35. The molecule has 0 saturated heterocycles. The first-order valence-corrected chi connectivity index (χ1v) is 9.62. The average molecular weight is 407 g/mol. The molecule has 0 radical (unpaired) electrons. The minimum Gasteiger partial charge on any atom is -0.480 e. The van der Waals surface area contributed by atoms with E-state index in [2.05, 4.69) is 28.2 Å². The molecule has 9 heteroatoms. The maximum Gasteiger partial charge on any atom is 0.326 e. The molecule has 0 aliphatic rings. The van der Waals surface area contributed by atoms with Gasteiger partial charge in [-0.2, -0.15) is 12.6 Å². The van der Waals surface area contributed by atoms with Gasteiger partial charge >= 0.3 is 5.97 Å². The van der Waals surface area contributed by atoms with Crippen LogP contribution in [0, 0.1) is 5.92 Å². The standard InChI is InChI=1S/C19H26N4O4S/c1-10(2)16(20)18(25)23-15(9-28)17(24)22-14(19(26)27)7-11-8-21-13-6-4-3-5-12(11)13/h3-6,8,10,14-16,21,28H,7,9,20H2,1-2H3,(H,22,24)(H,23,25)(H,26,27)/t14-,15-,16-/m0/s1. The van der Waals surface area contributed by atoms with Crippen LogP contribution in [-0.2, 0) is 20.8 Å². The predicted octanol–water partition coefficient (Wildman–Crippen LogP) is 0.678. The van der Waals surface area contributed by atoms with Crippen molar-refractivity contribution in [2.45, 2.75) is 38.4 Å². The number of nitrogens with one attached hydrogen (secondary N) is 3. The number of amides is 2. The van der Waals surface area contributed by atoms with E-state index in [-0.39, 0.29) is 18.1 Å². The second kappa shape index (κ2) is 9.61. The molecule has 152 valence electrons. The number of aromatic amines is 1. The summed E-state index contributed by atoms with van der Waals surface area (Å²) in [6, 6.07) is 4.61. The van der Waals surface area contributed by atoms with E-state index in [4.69, 9.17) is 5.73 Å². The quantitative estimate of drug-likeness (QED) is 0.340. The van der Waals surface area contributed by atoms with E-state index in [9.17, 15) is 19.5 Å². The summed E-state index contributed by atoms with van der Waals surface area (Å²) in [5.41, 5.74) is 7.45. The van der Waals surface area contributed by atoms with Crippen LogP contribution in [0.15, 0.2) is 30.5 Å². The zero-order valence-electron chi connectivity index (χ0n) is 15.8. The van der Waals surface area contributed by atoms with Gasteiger partial charge in [0.15, 0.2) is 0 Å². The number of H-pyrrole nitrogens is 1. The summed E-state index contributed by atoms with van der Waals surface area (Å²) in [5, 5.41) is 15.4. The smallest absolute Gasteiger partial charge is 0.326 e. The number of fused-ring (bicyclic) bond motifs is 1. The average Bonchev–Trinajstić information content (AvgIpc) is 3.07. The van der Waals surface area contributed by atoms with Crippen LogP contribution in [0.2, 0.25) is 0 Å². The van der Waals surface area contributed by atoms with E-state index >= 15 is 0 Å². The Labute approximate surface area is 168 Å². The highest BCUT2D eigenvalue weighted by Gasteiger charge is 2.28. The first kappa shape index (κ1) is 21.8. The normalized spacial score (nSPS) is 14.5. The van der Waals surface area contributed by atoms with Gasteiger partial charge in [0, 0.05) is 29.3 Å². The summed E-state index contributed by atoms with van der Waals surface area (Å²) < 4.78 is 0. The van der Waals surface area contributed by atoms with Crippen molar-refractivity contribution in [3.05, 3.63) is 36.0 Å². The van der Waals surface area contributed by atoms with Crippen molar-refractivity contribution < 1.29 is 19.5 Å². The molecule has 8 nitrogen and oxygen atoms in total. The molecule has 0 fully saturated rings.